The van der Waals surface area contributed by atoms with Crippen LogP contribution in [0.5, 0.6) is 0 Å². The molecule has 14 heavy (non-hydrogen) atoms. The van der Waals surface area contributed by atoms with Gasteiger partial charge < -0.3 is 15.2 Å². The highest BCUT2D eigenvalue weighted by molar-refractivity contribution is 4.69. The number of aliphatic hydroxyl groups is 1. The molecule has 1 saturated heterocycles. The van der Waals surface area contributed by atoms with Crippen LogP contribution < -0.4 is 5.32 Å². The highest BCUT2D eigenvalue weighted by atomic mass is 16.5. The lowest BCUT2D eigenvalue weighted by Gasteiger charge is -2.23. The minimum Gasteiger partial charge on any atom is -0.391 e. The van der Waals surface area contributed by atoms with Gasteiger partial charge in [0.25, 0.3) is 0 Å². The Morgan fingerprint density at radius 1 is 1.50 bits per heavy atom. The Labute approximate surface area is 86.8 Å². The normalized spacial score (nSPS) is 27.2. The van der Waals surface area contributed by atoms with Gasteiger partial charge in [0.1, 0.15) is 0 Å². The van der Waals surface area contributed by atoms with E-state index in [4.69, 9.17) is 4.74 Å². The van der Waals surface area contributed by atoms with Crippen molar-refractivity contribution in [2.24, 2.45) is 5.92 Å². The largest absolute Gasteiger partial charge is 0.391 e. The van der Waals surface area contributed by atoms with Crippen molar-refractivity contribution in [2.75, 3.05) is 19.7 Å². The van der Waals surface area contributed by atoms with Crippen LogP contribution in [0.25, 0.3) is 0 Å². The molecule has 0 aromatic heterocycles. The zero-order chi connectivity index (χ0) is 10.4. The lowest BCUT2D eigenvalue weighted by molar-refractivity contribution is -0.0231. The molecule has 3 heteroatoms. The molecule has 3 atom stereocenters. The fourth-order valence-electron chi connectivity index (χ4n) is 1.73. The SMILES string of the molecule is CC(O)C(C)OCCC1CCCNC1. The van der Waals surface area contributed by atoms with Crippen LogP contribution >= 0.6 is 0 Å². The second-order valence-corrected chi connectivity index (χ2v) is 4.32. The highest BCUT2D eigenvalue weighted by Gasteiger charge is 2.14. The van der Waals surface area contributed by atoms with Gasteiger partial charge in [0, 0.05) is 6.61 Å². The summed E-state index contributed by atoms with van der Waals surface area (Å²) in [6.07, 6.45) is 3.33. The van der Waals surface area contributed by atoms with Crippen LogP contribution in [-0.2, 0) is 4.74 Å². The molecule has 0 bridgehead atoms. The van der Waals surface area contributed by atoms with Gasteiger partial charge in [-0.1, -0.05) is 0 Å². The highest BCUT2D eigenvalue weighted by Crippen LogP contribution is 2.14. The summed E-state index contributed by atoms with van der Waals surface area (Å²) in [5.74, 6) is 0.768. The Balaban J connectivity index is 2.02. The molecule has 84 valence electrons. The number of aliphatic hydroxyl groups excluding tert-OH is 1. The molecule has 0 aromatic carbocycles. The molecule has 1 heterocycles. The van der Waals surface area contributed by atoms with Gasteiger partial charge in [-0.3, -0.25) is 0 Å². The minimum atomic E-state index is -0.362. The third-order valence-corrected chi connectivity index (χ3v) is 2.99. The van der Waals surface area contributed by atoms with E-state index in [2.05, 4.69) is 5.32 Å². The van der Waals surface area contributed by atoms with Gasteiger partial charge in [-0.15, -0.1) is 0 Å². The van der Waals surface area contributed by atoms with Gasteiger partial charge in [-0.2, -0.15) is 0 Å². The molecule has 1 fully saturated rings. The van der Waals surface area contributed by atoms with Crippen molar-refractivity contribution >= 4 is 0 Å². The second kappa shape index (κ2) is 6.38. The molecule has 1 aliphatic rings. The quantitative estimate of drug-likeness (QED) is 0.701. The number of rotatable bonds is 5. The van der Waals surface area contributed by atoms with E-state index in [0.29, 0.717) is 0 Å². The summed E-state index contributed by atoms with van der Waals surface area (Å²) in [4.78, 5) is 0. The Morgan fingerprint density at radius 2 is 2.29 bits per heavy atom. The van der Waals surface area contributed by atoms with E-state index in [1.54, 1.807) is 6.92 Å². The van der Waals surface area contributed by atoms with Crippen molar-refractivity contribution in [3.8, 4) is 0 Å². The molecule has 1 rings (SSSR count). The van der Waals surface area contributed by atoms with E-state index in [9.17, 15) is 5.11 Å². The maximum atomic E-state index is 9.22. The molecular weight excluding hydrogens is 178 g/mol. The van der Waals surface area contributed by atoms with Crippen molar-refractivity contribution in [2.45, 2.75) is 45.3 Å². The summed E-state index contributed by atoms with van der Waals surface area (Å²) < 4.78 is 5.53. The summed E-state index contributed by atoms with van der Waals surface area (Å²) in [7, 11) is 0. The van der Waals surface area contributed by atoms with Gasteiger partial charge in [0.15, 0.2) is 0 Å². The molecule has 2 N–H and O–H groups in total. The van der Waals surface area contributed by atoms with Crippen LogP contribution in [0.4, 0.5) is 0 Å². The van der Waals surface area contributed by atoms with E-state index in [1.165, 1.54) is 19.4 Å². The number of nitrogens with one attached hydrogen (secondary N) is 1. The summed E-state index contributed by atoms with van der Waals surface area (Å²) >= 11 is 0. The van der Waals surface area contributed by atoms with Crippen molar-refractivity contribution < 1.29 is 9.84 Å². The first kappa shape index (κ1) is 12.0. The standard InChI is InChI=1S/C11H23NO2/c1-9(13)10(2)14-7-5-11-4-3-6-12-8-11/h9-13H,3-8H2,1-2H3. The summed E-state index contributed by atoms with van der Waals surface area (Å²) in [5.41, 5.74) is 0. The van der Waals surface area contributed by atoms with Gasteiger partial charge in [0.2, 0.25) is 0 Å². The molecule has 3 nitrogen and oxygen atoms in total. The van der Waals surface area contributed by atoms with Crippen molar-refractivity contribution in [3.05, 3.63) is 0 Å². The number of piperidine rings is 1. The third kappa shape index (κ3) is 4.40. The van der Waals surface area contributed by atoms with Gasteiger partial charge in [-0.05, 0) is 52.1 Å². The molecule has 3 unspecified atom stereocenters. The van der Waals surface area contributed by atoms with Crippen molar-refractivity contribution in [1.29, 1.82) is 0 Å². The van der Waals surface area contributed by atoms with Crippen LogP contribution in [0.15, 0.2) is 0 Å². The number of ether oxygens (including phenoxy) is 1. The molecule has 0 saturated carbocycles. The average Bonchev–Trinajstić information content (AvgIpc) is 2.19. The summed E-state index contributed by atoms with van der Waals surface area (Å²) in [6.45, 7) is 6.77. The van der Waals surface area contributed by atoms with E-state index in [-0.39, 0.29) is 12.2 Å². The average molecular weight is 201 g/mol. The fourth-order valence-corrected chi connectivity index (χ4v) is 1.73. The molecule has 0 spiro atoms. The predicted molar refractivity (Wildman–Crippen MR) is 57.3 cm³/mol. The number of hydrogen-bond donors (Lipinski definition) is 2. The van der Waals surface area contributed by atoms with Crippen LogP contribution in [0.2, 0.25) is 0 Å². The zero-order valence-corrected chi connectivity index (χ0v) is 9.33. The first-order chi connectivity index (χ1) is 6.70. The summed E-state index contributed by atoms with van der Waals surface area (Å²) in [5, 5.41) is 12.6. The molecule has 1 aliphatic heterocycles. The second-order valence-electron chi connectivity index (χ2n) is 4.32. The monoisotopic (exact) mass is 201 g/mol. The smallest absolute Gasteiger partial charge is 0.0803 e. The zero-order valence-electron chi connectivity index (χ0n) is 9.33. The predicted octanol–water partition coefficient (Wildman–Crippen LogP) is 1.16. The van der Waals surface area contributed by atoms with E-state index >= 15 is 0 Å². The topological polar surface area (TPSA) is 41.5 Å². The number of hydrogen-bond acceptors (Lipinski definition) is 3. The van der Waals surface area contributed by atoms with Crippen LogP contribution in [0.3, 0.4) is 0 Å². The molecule has 0 aliphatic carbocycles. The molecular formula is C11H23NO2. The fraction of sp³-hybridized carbons (Fsp3) is 1.00. The summed E-state index contributed by atoms with van der Waals surface area (Å²) in [6, 6.07) is 0. The molecule has 0 amide bonds. The first-order valence-corrected chi connectivity index (χ1v) is 5.70. The first-order valence-electron chi connectivity index (χ1n) is 5.70. The maximum Gasteiger partial charge on any atom is 0.0803 e. The van der Waals surface area contributed by atoms with Crippen LogP contribution in [0, 0.1) is 5.92 Å². The Hall–Kier alpha value is -0.120. The molecule has 0 radical (unpaired) electrons. The Morgan fingerprint density at radius 3 is 2.86 bits per heavy atom. The molecule has 0 aromatic rings. The van der Waals surface area contributed by atoms with Gasteiger partial charge in [-0.25, -0.2) is 0 Å². The van der Waals surface area contributed by atoms with Gasteiger partial charge in [0.05, 0.1) is 12.2 Å². The van der Waals surface area contributed by atoms with Crippen LogP contribution in [-0.4, -0.2) is 37.0 Å². The van der Waals surface area contributed by atoms with Crippen molar-refractivity contribution in [1.82, 2.24) is 5.32 Å². The third-order valence-electron chi connectivity index (χ3n) is 2.99. The van der Waals surface area contributed by atoms with Crippen molar-refractivity contribution in [3.63, 3.8) is 0 Å². The lowest BCUT2D eigenvalue weighted by Crippen LogP contribution is -2.31. The van der Waals surface area contributed by atoms with E-state index < -0.39 is 0 Å². The Kier molecular flexibility index (Phi) is 5.45. The van der Waals surface area contributed by atoms with E-state index in [1.807, 2.05) is 6.92 Å². The van der Waals surface area contributed by atoms with E-state index in [0.717, 1.165) is 25.5 Å². The van der Waals surface area contributed by atoms with Crippen LogP contribution in [0.1, 0.15) is 33.1 Å². The lowest BCUT2D eigenvalue weighted by atomic mass is 9.97. The minimum absolute atomic E-state index is 0.0356. The maximum absolute atomic E-state index is 9.22. The van der Waals surface area contributed by atoms with Gasteiger partial charge >= 0.3 is 0 Å². The Bertz CT molecular complexity index is 144.